The average molecular weight is 425 g/mol. The third kappa shape index (κ3) is 17.6. The van der Waals surface area contributed by atoms with Gasteiger partial charge in [-0.25, -0.2) is 0 Å². The second-order valence-corrected chi connectivity index (χ2v) is 10.3. The van der Waals surface area contributed by atoms with Crippen molar-refractivity contribution in [1.29, 1.82) is 0 Å². The van der Waals surface area contributed by atoms with Gasteiger partial charge in [0, 0.05) is 13.2 Å². The van der Waals surface area contributed by atoms with E-state index in [2.05, 4.69) is 0 Å². The molecular formula is C28H56O2. The zero-order valence-corrected chi connectivity index (χ0v) is 20.4. The summed E-state index contributed by atoms with van der Waals surface area (Å²) in [5.41, 5.74) is 0. The number of rotatable bonds is 20. The molecule has 0 spiro atoms. The first-order valence-corrected chi connectivity index (χ1v) is 14.1. The van der Waals surface area contributed by atoms with Crippen molar-refractivity contribution in [2.75, 3.05) is 13.2 Å². The van der Waals surface area contributed by atoms with Crippen LogP contribution in [-0.2, 0) is 0 Å². The summed E-state index contributed by atoms with van der Waals surface area (Å²) in [7, 11) is 0. The minimum atomic E-state index is 0.370. The standard InChI is InChI=1S/C28H56O2/c29-25-15-11-7-3-1-5-9-13-19-27-21-17-23-28(24-18-22-27)20-14-10-6-2-4-8-12-16-26-30/h27-30H,1-26H2. The fourth-order valence-electron chi connectivity index (χ4n) is 5.47. The first-order valence-electron chi connectivity index (χ1n) is 14.1. The van der Waals surface area contributed by atoms with Crippen LogP contribution in [0.5, 0.6) is 0 Å². The second-order valence-electron chi connectivity index (χ2n) is 10.3. The summed E-state index contributed by atoms with van der Waals surface area (Å²) in [4.78, 5) is 0. The molecule has 1 fully saturated rings. The summed E-state index contributed by atoms with van der Waals surface area (Å²) in [5.74, 6) is 2.06. The smallest absolute Gasteiger partial charge is 0.0431 e. The van der Waals surface area contributed by atoms with Crippen LogP contribution in [0.3, 0.4) is 0 Å². The van der Waals surface area contributed by atoms with E-state index in [-0.39, 0.29) is 0 Å². The van der Waals surface area contributed by atoms with Gasteiger partial charge in [-0.2, -0.15) is 0 Å². The Morgan fingerprint density at radius 3 is 0.933 bits per heavy atom. The van der Waals surface area contributed by atoms with E-state index in [1.54, 1.807) is 0 Å². The van der Waals surface area contributed by atoms with Gasteiger partial charge in [-0.3, -0.25) is 0 Å². The molecule has 2 N–H and O–H groups in total. The van der Waals surface area contributed by atoms with Crippen LogP contribution in [-0.4, -0.2) is 23.4 Å². The number of hydrogen-bond acceptors (Lipinski definition) is 2. The molecule has 180 valence electrons. The SMILES string of the molecule is OCCCCCCCCCCC1CCCC(CCCCCCCCCCO)CCC1. The molecule has 1 aliphatic carbocycles. The van der Waals surface area contributed by atoms with Crippen molar-refractivity contribution in [3.05, 3.63) is 0 Å². The van der Waals surface area contributed by atoms with Gasteiger partial charge in [0.15, 0.2) is 0 Å². The molecule has 0 aromatic carbocycles. The summed E-state index contributed by atoms with van der Waals surface area (Å²) in [6, 6.07) is 0. The highest BCUT2D eigenvalue weighted by molar-refractivity contribution is 4.69. The zero-order valence-electron chi connectivity index (χ0n) is 20.4. The molecule has 0 bridgehead atoms. The van der Waals surface area contributed by atoms with Crippen molar-refractivity contribution >= 4 is 0 Å². The van der Waals surface area contributed by atoms with Crippen molar-refractivity contribution in [2.45, 2.75) is 154 Å². The van der Waals surface area contributed by atoms with Gasteiger partial charge in [0.05, 0.1) is 0 Å². The van der Waals surface area contributed by atoms with E-state index < -0.39 is 0 Å². The van der Waals surface area contributed by atoms with E-state index in [4.69, 9.17) is 10.2 Å². The Bertz CT molecular complexity index is 291. The maximum Gasteiger partial charge on any atom is 0.0431 e. The molecule has 0 heterocycles. The summed E-state index contributed by atoms with van der Waals surface area (Å²) < 4.78 is 0. The van der Waals surface area contributed by atoms with Crippen LogP contribution in [0.1, 0.15) is 154 Å². The zero-order chi connectivity index (χ0) is 21.5. The lowest BCUT2D eigenvalue weighted by molar-refractivity contribution is 0.281. The topological polar surface area (TPSA) is 40.5 Å². The quantitative estimate of drug-likeness (QED) is 0.192. The molecular weight excluding hydrogens is 368 g/mol. The molecule has 0 unspecified atom stereocenters. The van der Waals surface area contributed by atoms with E-state index >= 15 is 0 Å². The molecule has 1 aliphatic rings. The van der Waals surface area contributed by atoms with Crippen LogP contribution in [0.2, 0.25) is 0 Å². The van der Waals surface area contributed by atoms with Gasteiger partial charge in [0.25, 0.3) is 0 Å². The normalized spacial score (nSPS) is 20.2. The predicted molar refractivity (Wildman–Crippen MR) is 132 cm³/mol. The molecule has 0 aliphatic heterocycles. The maximum absolute atomic E-state index is 8.80. The third-order valence-electron chi connectivity index (χ3n) is 7.49. The molecule has 1 rings (SSSR count). The monoisotopic (exact) mass is 424 g/mol. The molecule has 0 radical (unpaired) electrons. The highest BCUT2D eigenvalue weighted by Gasteiger charge is 2.16. The highest BCUT2D eigenvalue weighted by atomic mass is 16.3. The molecule has 0 aromatic rings. The maximum atomic E-state index is 8.80. The molecule has 1 saturated carbocycles. The van der Waals surface area contributed by atoms with Crippen LogP contribution in [0.25, 0.3) is 0 Å². The molecule has 0 atom stereocenters. The van der Waals surface area contributed by atoms with Crippen molar-refractivity contribution in [3.63, 3.8) is 0 Å². The first-order chi connectivity index (χ1) is 14.9. The number of aliphatic hydroxyl groups excluding tert-OH is 2. The third-order valence-corrected chi connectivity index (χ3v) is 7.49. The van der Waals surface area contributed by atoms with Gasteiger partial charge in [0.1, 0.15) is 0 Å². The second kappa shape index (κ2) is 22.1. The Hall–Kier alpha value is -0.0800. The van der Waals surface area contributed by atoms with Gasteiger partial charge in [0.2, 0.25) is 0 Å². The van der Waals surface area contributed by atoms with Crippen LogP contribution < -0.4 is 0 Å². The number of aliphatic hydroxyl groups is 2. The van der Waals surface area contributed by atoms with Crippen molar-refractivity contribution in [2.24, 2.45) is 11.8 Å². The molecule has 0 aromatic heterocycles. The minimum absolute atomic E-state index is 0.370. The highest BCUT2D eigenvalue weighted by Crippen LogP contribution is 2.31. The Morgan fingerprint density at radius 2 is 0.633 bits per heavy atom. The predicted octanol–water partition coefficient (Wildman–Crippen LogP) is 8.58. The largest absolute Gasteiger partial charge is 0.396 e. The Labute approximate surface area is 189 Å². The van der Waals surface area contributed by atoms with Crippen LogP contribution in [0.15, 0.2) is 0 Å². The molecule has 30 heavy (non-hydrogen) atoms. The summed E-state index contributed by atoms with van der Waals surface area (Å²) in [6.45, 7) is 0.741. The van der Waals surface area contributed by atoms with Gasteiger partial charge in [-0.05, 0) is 24.7 Å². The number of unbranched alkanes of at least 4 members (excludes halogenated alkanes) is 14. The van der Waals surface area contributed by atoms with Crippen LogP contribution in [0.4, 0.5) is 0 Å². The molecule has 0 amide bonds. The number of hydrogen-bond donors (Lipinski definition) is 2. The van der Waals surface area contributed by atoms with Crippen molar-refractivity contribution < 1.29 is 10.2 Å². The molecule has 0 saturated heterocycles. The summed E-state index contributed by atoms with van der Waals surface area (Å²) in [6.07, 6.45) is 33.3. The average Bonchev–Trinajstić information content (AvgIpc) is 2.73. The lowest BCUT2D eigenvalue weighted by atomic mass is 9.81. The fraction of sp³-hybridized carbons (Fsp3) is 1.00. The summed E-state index contributed by atoms with van der Waals surface area (Å²) in [5, 5.41) is 17.6. The van der Waals surface area contributed by atoms with E-state index in [0.29, 0.717) is 13.2 Å². The van der Waals surface area contributed by atoms with Gasteiger partial charge in [-0.1, -0.05) is 141 Å². The molecule has 2 nitrogen and oxygen atoms in total. The Morgan fingerprint density at radius 1 is 0.367 bits per heavy atom. The van der Waals surface area contributed by atoms with E-state index in [0.717, 1.165) is 24.7 Å². The van der Waals surface area contributed by atoms with Gasteiger partial charge < -0.3 is 10.2 Å². The van der Waals surface area contributed by atoms with Crippen LogP contribution >= 0.6 is 0 Å². The molecule has 2 heteroatoms. The Kier molecular flexibility index (Phi) is 20.6. The lowest BCUT2D eigenvalue weighted by Crippen LogP contribution is -2.10. The van der Waals surface area contributed by atoms with E-state index in [9.17, 15) is 0 Å². The summed E-state index contributed by atoms with van der Waals surface area (Å²) >= 11 is 0. The van der Waals surface area contributed by atoms with Gasteiger partial charge >= 0.3 is 0 Å². The van der Waals surface area contributed by atoms with E-state index in [1.807, 2.05) is 0 Å². The van der Waals surface area contributed by atoms with Crippen LogP contribution in [0, 0.1) is 11.8 Å². The first kappa shape index (κ1) is 28.0. The van der Waals surface area contributed by atoms with E-state index in [1.165, 1.54) is 141 Å². The van der Waals surface area contributed by atoms with Crippen molar-refractivity contribution in [1.82, 2.24) is 0 Å². The fourth-order valence-corrected chi connectivity index (χ4v) is 5.47. The lowest BCUT2D eigenvalue weighted by Gasteiger charge is -2.24. The van der Waals surface area contributed by atoms with Gasteiger partial charge in [-0.15, -0.1) is 0 Å². The minimum Gasteiger partial charge on any atom is -0.396 e. The van der Waals surface area contributed by atoms with Crippen molar-refractivity contribution in [3.8, 4) is 0 Å². The Balaban J connectivity index is 1.90.